The molecule has 0 aromatic carbocycles. The van der Waals surface area contributed by atoms with Gasteiger partial charge in [0, 0.05) is 12.1 Å². The Labute approximate surface area is 64.4 Å². The van der Waals surface area contributed by atoms with Gasteiger partial charge < -0.3 is 4.52 Å². The van der Waals surface area contributed by atoms with Crippen LogP contribution in [0.2, 0.25) is 0 Å². The highest BCUT2D eigenvalue weighted by atomic mass is 32.2. The van der Waals surface area contributed by atoms with E-state index in [4.69, 9.17) is 0 Å². The van der Waals surface area contributed by atoms with Crippen molar-refractivity contribution in [3.63, 3.8) is 0 Å². The number of rotatable bonds is 3. The first kappa shape index (κ1) is 8.22. The summed E-state index contributed by atoms with van der Waals surface area (Å²) in [4.78, 5) is 0. The fourth-order valence-electron chi connectivity index (χ4n) is 0.491. The van der Waals surface area contributed by atoms with Gasteiger partial charge in [-0.25, -0.2) is 13.1 Å². The molecular formula is C5H7N2O3S. The van der Waals surface area contributed by atoms with E-state index < -0.39 is 10.0 Å². The van der Waals surface area contributed by atoms with Crippen LogP contribution in [0.1, 0.15) is 5.56 Å². The van der Waals surface area contributed by atoms with E-state index in [1.807, 2.05) is 0 Å². The van der Waals surface area contributed by atoms with Crippen molar-refractivity contribution in [1.29, 1.82) is 0 Å². The number of hydrogen-bond donors (Lipinski definition) is 1. The number of nitrogens with one attached hydrogen (secondary N) is 1. The molecule has 1 radical (unpaired) electrons. The Bertz CT molecular complexity index is 302. The summed E-state index contributed by atoms with van der Waals surface area (Å²) in [6.07, 6.45) is 4.88. The number of nitrogens with zero attached hydrogens (tertiary/aromatic N) is 1. The number of aromatic nitrogens is 1. The van der Waals surface area contributed by atoms with Crippen molar-refractivity contribution in [3.8, 4) is 0 Å². The zero-order valence-electron chi connectivity index (χ0n) is 5.86. The Morgan fingerprint density at radius 3 is 3.00 bits per heavy atom. The molecule has 1 aromatic heterocycles. The molecular weight excluding hydrogens is 168 g/mol. The first-order valence-corrected chi connectivity index (χ1v) is 4.72. The molecule has 0 saturated heterocycles. The van der Waals surface area contributed by atoms with Gasteiger partial charge in [0.25, 0.3) is 0 Å². The largest absolute Gasteiger partial charge is 0.364 e. The van der Waals surface area contributed by atoms with E-state index in [9.17, 15) is 8.42 Å². The average molecular weight is 175 g/mol. The zero-order valence-corrected chi connectivity index (χ0v) is 6.68. The van der Waals surface area contributed by atoms with Crippen LogP contribution in [0.4, 0.5) is 0 Å². The Kier molecular flexibility index (Phi) is 2.25. The third-order valence-electron chi connectivity index (χ3n) is 0.962. The van der Waals surface area contributed by atoms with Crippen molar-refractivity contribution in [2.24, 2.45) is 0 Å². The highest BCUT2D eigenvalue weighted by molar-refractivity contribution is 7.88. The summed E-state index contributed by atoms with van der Waals surface area (Å²) >= 11 is 0. The van der Waals surface area contributed by atoms with Crippen molar-refractivity contribution in [1.82, 2.24) is 9.88 Å². The summed E-state index contributed by atoms with van der Waals surface area (Å²) in [6.45, 7) is 0.169. The van der Waals surface area contributed by atoms with Gasteiger partial charge in [-0.05, 0) is 0 Å². The van der Waals surface area contributed by atoms with Gasteiger partial charge in [-0.15, -0.1) is 0 Å². The second-order valence-corrected chi connectivity index (χ2v) is 3.88. The minimum absolute atomic E-state index is 0.169. The SMILES string of the molecule is CS(=O)(=O)NCc1[c]noc1. The van der Waals surface area contributed by atoms with E-state index in [2.05, 4.69) is 20.6 Å². The van der Waals surface area contributed by atoms with Gasteiger partial charge in [-0.3, -0.25) is 0 Å². The van der Waals surface area contributed by atoms with Crippen LogP contribution in [0, 0.1) is 6.20 Å². The molecule has 1 rings (SSSR count). The molecule has 0 unspecified atom stereocenters. The molecule has 0 amide bonds. The minimum Gasteiger partial charge on any atom is -0.364 e. The van der Waals surface area contributed by atoms with Gasteiger partial charge in [0.05, 0.1) is 6.26 Å². The third-order valence-corrected chi connectivity index (χ3v) is 1.63. The van der Waals surface area contributed by atoms with Crippen molar-refractivity contribution in [3.05, 3.63) is 18.0 Å². The molecule has 0 aliphatic rings. The molecule has 61 valence electrons. The monoisotopic (exact) mass is 175 g/mol. The lowest BCUT2D eigenvalue weighted by Crippen LogP contribution is -2.20. The summed E-state index contributed by atoms with van der Waals surface area (Å²) < 4.78 is 27.8. The van der Waals surface area contributed by atoms with E-state index in [1.54, 1.807) is 0 Å². The lowest BCUT2D eigenvalue weighted by Gasteiger charge is -1.95. The second-order valence-electron chi connectivity index (χ2n) is 2.04. The molecule has 11 heavy (non-hydrogen) atoms. The van der Waals surface area contributed by atoms with E-state index in [-0.39, 0.29) is 6.54 Å². The Morgan fingerprint density at radius 1 is 1.82 bits per heavy atom. The van der Waals surface area contributed by atoms with Crippen molar-refractivity contribution in [2.75, 3.05) is 6.26 Å². The van der Waals surface area contributed by atoms with E-state index in [0.717, 1.165) is 6.26 Å². The van der Waals surface area contributed by atoms with Crippen LogP contribution in [0.25, 0.3) is 0 Å². The molecule has 0 aliphatic carbocycles. The van der Waals surface area contributed by atoms with Crippen molar-refractivity contribution in [2.45, 2.75) is 6.54 Å². The molecule has 0 saturated carbocycles. The average Bonchev–Trinajstić information content (AvgIpc) is 2.32. The molecule has 0 spiro atoms. The molecule has 5 nitrogen and oxygen atoms in total. The molecule has 1 aromatic rings. The van der Waals surface area contributed by atoms with Gasteiger partial charge in [-0.2, -0.15) is 0 Å². The summed E-state index contributed by atoms with van der Waals surface area (Å²) in [5.41, 5.74) is 0.579. The fourth-order valence-corrected chi connectivity index (χ4v) is 0.909. The van der Waals surface area contributed by atoms with Crippen LogP contribution in [-0.4, -0.2) is 19.8 Å². The van der Waals surface area contributed by atoms with E-state index in [1.165, 1.54) is 6.26 Å². The lowest BCUT2D eigenvalue weighted by molar-refractivity contribution is 0.417. The quantitative estimate of drug-likeness (QED) is 0.673. The summed E-state index contributed by atoms with van der Waals surface area (Å²) in [7, 11) is -3.14. The van der Waals surface area contributed by atoms with Crippen molar-refractivity contribution >= 4 is 10.0 Å². The van der Waals surface area contributed by atoms with Gasteiger partial charge >= 0.3 is 0 Å². The molecule has 0 atom stereocenters. The maximum Gasteiger partial charge on any atom is 0.209 e. The van der Waals surface area contributed by atoms with Crippen LogP contribution in [0.15, 0.2) is 10.8 Å². The zero-order chi connectivity index (χ0) is 8.32. The second kappa shape index (κ2) is 3.02. The smallest absolute Gasteiger partial charge is 0.209 e. The summed E-state index contributed by atoms with van der Waals surface area (Å²) in [5, 5.41) is 3.29. The molecule has 0 fully saturated rings. The van der Waals surface area contributed by atoms with Gasteiger partial charge in [0.15, 0.2) is 0 Å². The molecule has 1 heterocycles. The minimum atomic E-state index is -3.14. The maximum atomic E-state index is 10.6. The van der Waals surface area contributed by atoms with Gasteiger partial charge in [0.1, 0.15) is 12.5 Å². The van der Waals surface area contributed by atoms with E-state index in [0.29, 0.717) is 5.56 Å². The molecule has 0 aliphatic heterocycles. The standard InChI is InChI=1S/C5H7N2O3S/c1-11(8,9)7-3-5-2-6-10-4-5/h4,7H,3H2,1H3. The van der Waals surface area contributed by atoms with Gasteiger partial charge in [0.2, 0.25) is 10.0 Å². The van der Waals surface area contributed by atoms with Crippen LogP contribution in [0.3, 0.4) is 0 Å². The Hall–Kier alpha value is -0.880. The summed E-state index contributed by atoms with van der Waals surface area (Å²) in [6, 6.07) is 0. The fraction of sp³-hybridized carbons (Fsp3) is 0.400. The van der Waals surface area contributed by atoms with Crippen LogP contribution in [-0.2, 0) is 16.6 Å². The van der Waals surface area contributed by atoms with Crippen LogP contribution in [0.5, 0.6) is 0 Å². The predicted molar refractivity (Wildman–Crippen MR) is 37.0 cm³/mol. The van der Waals surface area contributed by atoms with E-state index >= 15 is 0 Å². The third kappa shape index (κ3) is 3.15. The molecule has 6 heteroatoms. The van der Waals surface area contributed by atoms with Crippen LogP contribution >= 0.6 is 0 Å². The first-order valence-electron chi connectivity index (χ1n) is 2.83. The number of hydrogen-bond acceptors (Lipinski definition) is 4. The highest BCUT2D eigenvalue weighted by Gasteiger charge is 2.01. The number of sulfonamides is 1. The Morgan fingerprint density at radius 2 is 2.55 bits per heavy atom. The Balaban J connectivity index is 2.48. The maximum absolute atomic E-state index is 10.6. The molecule has 1 N–H and O–H groups in total. The van der Waals surface area contributed by atoms with Crippen molar-refractivity contribution < 1.29 is 12.9 Å². The summed E-state index contributed by atoms with van der Waals surface area (Å²) in [5.74, 6) is 0. The highest BCUT2D eigenvalue weighted by Crippen LogP contribution is 1.94. The first-order chi connectivity index (χ1) is 5.08. The topological polar surface area (TPSA) is 72.2 Å². The normalized spacial score (nSPS) is 11.7. The lowest BCUT2D eigenvalue weighted by atomic mass is 10.4. The van der Waals surface area contributed by atoms with Crippen LogP contribution < -0.4 is 4.72 Å². The van der Waals surface area contributed by atoms with Gasteiger partial charge in [-0.1, -0.05) is 5.16 Å². The molecule has 0 bridgehead atoms. The predicted octanol–water partition coefficient (Wildman–Crippen LogP) is -0.476.